The topological polar surface area (TPSA) is 87.0 Å². The summed E-state index contributed by atoms with van der Waals surface area (Å²) in [5.74, 6) is -0.930. The number of carbonyl (C=O) groups is 1. The van der Waals surface area contributed by atoms with Crippen LogP contribution in [-0.4, -0.2) is 33.5 Å². The molecule has 5 heteroatoms. The van der Waals surface area contributed by atoms with Crippen LogP contribution < -0.4 is 0 Å². The Bertz CT molecular complexity index is 599. The van der Waals surface area contributed by atoms with E-state index in [0.29, 0.717) is 12.0 Å². The Morgan fingerprint density at radius 3 is 2.73 bits per heavy atom. The number of hydrogen-bond donors (Lipinski definition) is 3. The van der Waals surface area contributed by atoms with Gasteiger partial charge in [-0.25, -0.2) is 4.79 Å². The lowest BCUT2D eigenvalue weighted by molar-refractivity contribution is -0.0268. The lowest BCUT2D eigenvalue weighted by Crippen LogP contribution is -2.28. The predicted octanol–water partition coefficient (Wildman–Crippen LogP) is 2.24. The molecule has 3 atom stereocenters. The first-order chi connectivity index (χ1) is 10.3. The van der Waals surface area contributed by atoms with Crippen LogP contribution in [0.15, 0.2) is 23.8 Å². The molecule has 3 N–H and O–H groups in total. The van der Waals surface area contributed by atoms with Gasteiger partial charge in [-0.1, -0.05) is 17.7 Å². The van der Waals surface area contributed by atoms with Crippen molar-refractivity contribution in [3.63, 3.8) is 0 Å². The normalized spacial score (nSPS) is 22.3. The standard InChI is InChI=1S/C17H22O5/c1-9(2)4-5-11-6-7-12(19)16-15(11)13(20)8-14(10(3)18)22-17(16)21/h4,6-7,10,13-14,18-20H,5,8H2,1-3H3. The van der Waals surface area contributed by atoms with Crippen molar-refractivity contribution in [3.8, 4) is 5.75 Å². The maximum Gasteiger partial charge on any atom is 0.342 e. The first-order valence-electron chi connectivity index (χ1n) is 7.36. The molecule has 120 valence electrons. The van der Waals surface area contributed by atoms with E-state index < -0.39 is 24.3 Å². The number of phenolic OH excluding ortho intramolecular Hbond substituents is 1. The molecule has 3 unspecified atom stereocenters. The third-order valence-electron chi connectivity index (χ3n) is 3.83. The fourth-order valence-corrected chi connectivity index (χ4v) is 2.62. The van der Waals surface area contributed by atoms with Crippen LogP contribution >= 0.6 is 0 Å². The average Bonchev–Trinajstić information content (AvgIpc) is 2.56. The van der Waals surface area contributed by atoms with Gasteiger partial charge in [0.25, 0.3) is 0 Å². The molecule has 0 aliphatic carbocycles. The zero-order chi connectivity index (χ0) is 16.4. The Morgan fingerprint density at radius 2 is 2.14 bits per heavy atom. The summed E-state index contributed by atoms with van der Waals surface area (Å²) in [6, 6.07) is 3.14. The highest BCUT2D eigenvalue weighted by atomic mass is 16.6. The highest BCUT2D eigenvalue weighted by Crippen LogP contribution is 2.36. The van der Waals surface area contributed by atoms with Crippen molar-refractivity contribution in [2.45, 2.75) is 51.9 Å². The van der Waals surface area contributed by atoms with Gasteiger partial charge in [0.1, 0.15) is 17.4 Å². The van der Waals surface area contributed by atoms with E-state index in [9.17, 15) is 20.1 Å². The quantitative estimate of drug-likeness (QED) is 0.589. The molecule has 2 rings (SSSR count). The first kappa shape index (κ1) is 16.5. The van der Waals surface area contributed by atoms with Gasteiger partial charge in [-0.05, 0) is 38.8 Å². The molecule has 1 aromatic rings. The summed E-state index contributed by atoms with van der Waals surface area (Å²) in [5.41, 5.74) is 2.28. The van der Waals surface area contributed by atoms with E-state index in [4.69, 9.17) is 4.74 Å². The number of cyclic esters (lactones) is 1. The number of benzene rings is 1. The fraction of sp³-hybridized carbons (Fsp3) is 0.471. The molecule has 0 radical (unpaired) electrons. The summed E-state index contributed by atoms with van der Waals surface area (Å²) in [4.78, 5) is 12.3. The van der Waals surface area contributed by atoms with Gasteiger partial charge in [-0.3, -0.25) is 0 Å². The predicted molar refractivity (Wildman–Crippen MR) is 81.7 cm³/mol. The summed E-state index contributed by atoms with van der Waals surface area (Å²) in [6.45, 7) is 5.44. The van der Waals surface area contributed by atoms with Crippen LogP contribution in [0, 0.1) is 0 Å². The molecule has 0 saturated heterocycles. The Balaban J connectivity index is 2.52. The van der Waals surface area contributed by atoms with Gasteiger partial charge in [0.2, 0.25) is 0 Å². The van der Waals surface area contributed by atoms with Gasteiger partial charge in [0.15, 0.2) is 0 Å². The van der Waals surface area contributed by atoms with Crippen LogP contribution in [-0.2, 0) is 11.2 Å². The Morgan fingerprint density at radius 1 is 1.45 bits per heavy atom. The highest BCUT2D eigenvalue weighted by molar-refractivity contribution is 5.95. The van der Waals surface area contributed by atoms with Crippen LogP contribution in [0.3, 0.4) is 0 Å². The van der Waals surface area contributed by atoms with Gasteiger partial charge in [0.05, 0.1) is 12.2 Å². The van der Waals surface area contributed by atoms with Crippen LogP contribution in [0.1, 0.15) is 54.8 Å². The molecule has 0 bridgehead atoms. The lowest BCUT2D eigenvalue weighted by atomic mass is 9.91. The Labute approximate surface area is 129 Å². The molecule has 1 aromatic carbocycles. The number of ether oxygens (including phenoxy) is 1. The number of aliphatic hydroxyl groups is 2. The molecular formula is C17H22O5. The third-order valence-corrected chi connectivity index (χ3v) is 3.83. The van der Waals surface area contributed by atoms with Gasteiger partial charge in [0, 0.05) is 12.0 Å². The van der Waals surface area contributed by atoms with Gasteiger partial charge < -0.3 is 20.1 Å². The van der Waals surface area contributed by atoms with E-state index in [0.717, 1.165) is 11.1 Å². The fourth-order valence-electron chi connectivity index (χ4n) is 2.62. The summed E-state index contributed by atoms with van der Waals surface area (Å²) >= 11 is 0. The number of phenols is 1. The number of hydrogen-bond acceptors (Lipinski definition) is 5. The van der Waals surface area contributed by atoms with Crippen LogP contribution in [0.2, 0.25) is 0 Å². The van der Waals surface area contributed by atoms with Crippen molar-refractivity contribution < 1.29 is 24.9 Å². The van der Waals surface area contributed by atoms with Crippen LogP contribution in [0.25, 0.3) is 0 Å². The van der Waals surface area contributed by atoms with Gasteiger partial charge in [-0.2, -0.15) is 0 Å². The second-order valence-corrected chi connectivity index (χ2v) is 5.95. The zero-order valence-corrected chi connectivity index (χ0v) is 13.0. The minimum absolute atomic E-state index is 0.00435. The molecular weight excluding hydrogens is 284 g/mol. The Kier molecular flexibility index (Phi) is 4.88. The average molecular weight is 306 g/mol. The van der Waals surface area contributed by atoms with E-state index >= 15 is 0 Å². The summed E-state index contributed by atoms with van der Waals surface area (Å²) in [5, 5.41) is 30.2. The first-order valence-corrected chi connectivity index (χ1v) is 7.36. The van der Waals surface area contributed by atoms with E-state index in [1.54, 1.807) is 6.07 Å². The molecule has 0 saturated carbocycles. The van der Waals surface area contributed by atoms with E-state index in [2.05, 4.69) is 0 Å². The minimum Gasteiger partial charge on any atom is -0.507 e. The maximum absolute atomic E-state index is 12.3. The zero-order valence-electron chi connectivity index (χ0n) is 13.0. The number of carbonyl (C=O) groups excluding carboxylic acids is 1. The van der Waals surface area contributed by atoms with Crippen LogP contribution in [0.4, 0.5) is 0 Å². The second kappa shape index (κ2) is 6.50. The van der Waals surface area contributed by atoms with Crippen LogP contribution in [0.5, 0.6) is 5.75 Å². The van der Waals surface area contributed by atoms with E-state index in [-0.39, 0.29) is 17.7 Å². The van der Waals surface area contributed by atoms with Crippen molar-refractivity contribution in [1.29, 1.82) is 0 Å². The number of aliphatic hydroxyl groups excluding tert-OH is 2. The number of esters is 1. The molecule has 0 fully saturated rings. The van der Waals surface area contributed by atoms with Crippen molar-refractivity contribution >= 4 is 5.97 Å². The summed E-state index contributed by atoms with van der Waals surface area (Å²) < 4.78 is 5.21. The van der Waals surface area contributed by atoms with Crippen molar-refractivity contribution in [1.82, 2.24) is 0 Å². The third kappa shape index (κ3) is 3.31. The largest absolute Gasteiger partial charge is 0.507 e. The minimum atomic E-state index is -0.978. The van der Waals surface area contributed by atoms with E-state index in [1.165, 1.54) is 13.0 Å². The Hall–Kier alpha value is -1.85. The molecule has 0 aromatic heterocycles. The molecule has 1 aliphatic heterocycles. The highest BCUT2D eigenvalue weighted by Gasteiger charge is 2.34. The second-order valence-electron chi connectivity index (χ2n) is 5.95. The monoisotopic (exact) mass is 306 g/mol. The molecule has 1 heterocycles. The molecule has 0 spiro atoms. The number of allylic oxidation sites excluding steroid dienone is 2. The molecule has 1 aliphatic rings. The van der Waals surface area contributed by atoms with Gasteiger partial charge in [-0.15, -0.1) is 0 Å². The summed E-state index contributed by atoms with van der Waals surface area (Å²) in [7, 11) is 0. The lowest BCUT2D eigenvalue weighted by Gasteiger charge is -2.19. The van der Waals surface area contributed by atoms with Crippen molar-refractivity contribution in [2.75, 3.05) is 0 Å². The molecule has 5 nitrogen and oxygen atoms in total. The summed E-state index contributed by atoms with van der Waals surface area (Å²) in [6.07, 6.45) is -0.0338. The van der Waals surface area contributed by atoms with Crippen molar-refractivity contribution in [2.24, 2.45) is 0 Å². The maximum atomic E-state index is 12.3. The number of fused-ring (bicyclic) bond motifs is 1. The number of aromatic hydroxyl groups is 1. The SMILES string of the molecule is CC(C)=CCc1ccc(O)c2c1C(O)CC(C(C)O)OC2=O. The van der Waals surface area contributed by atoms with Gasteiger partial charge >= 0.3 is 5.97 Å². The number of rotatable bonds is 3. The van der Waals surface area contributed by atoms with Crippen molar-refractivity contribution in [3.05, 3.63) is 40.5 Å². The van der Waals surface area contributed by atoms with E-state index in [1.807, 2.05) is 19.9 Å². The molecule has 22 heavy (non-hydrogen) atoms. The smallest absolute Gasteiger partial charge is 0.342 e. The molecule has 0 amide bonds.